The summed E-state index contributed by atoms with van der Waals surface area (Å²) in [5.74, 6) is -3.77. The average molecular weight is 266 g/mol. The molecule has 0 amide bonds. The van der Waals surface area contributed by atoms with Crippen LogP contribution in [0.5, 0.6) is 0 Å². The molecule has 2 aromatic carbocycles. The number of hydrogen-bond acceptors (Lipinski definition) is 1. The first-order chi connectivity index (χ1) is 9.16. The Morgan fingerprint density at radius 3 is 2.11 bits per heavy atom. The molecule has 0 aliphatic heterocycles. The number of halogens is 3. The molecule has 0 aliphatic rings. The van der Waals surface area contributed by atoms with Gasteiger partial charge in [-0.1, -0.05) is 30.3 Å². The summed E-state index contributed by atoms with van der Waals surface area (Å²) in [6, 6.07) is 11.6. The van der Waals surface area contributed by atoms with Gasteiger partial charge in [0.05, 0.1) is 13.2 Å². The normalized spacial score (nSPS) is 10.7. The molecule has 4 heteroatoms. The Hall–Kier alpha value is -1.81. The van der Waals surface area contributed by atoms with Crippen molar-refractivity contribution in [3.8, 4) is 0 Å². The highest BCUT2D eigenvalue weighted by Crippen LogP contribution is 2.14. The molecule has 0 atom stereocenters. The topological polar surface area (TPSA) is 9.23 Å². The van der Waals surface area contributed by atoms with Gasteiger partial charge in [-0.05, 0) is 29.7 Å². The van der Waals surface area contributed by atoms with Crippen molar-refractivity contribution in [3.05, 3.63) is 71.0 Å². The van der Waals surface area contributed by atoms with Crippen LogP contribution in [-0.4, -0.2) is 6.61 Å². The lowest BCUT2D eigenvalue weighted by Crippen LogP contribution is -2.01. The van der Waals surface area contributed by atoms with Gasteiger partial charge in [0, 0.05) is 0 Å². The second kappa shape index (κ2) is 6.38. The lowest BCUT2D eigenvalue weighted by Gasteiger charge is -2.05. The Morgan fingerprint density at radius 2 is 1.47 bits per heavy atom. The van der Waals surface area contributed by atoms with Crippen LogP contribution in [0.15, 0.2) is 42.5 Å². The van der Waals surface area contributed by atoms with Gasteiger partial charge in [0.1, 0.15) is 0 Å². The molecule has 2 rings (SSSR count). The highest BCUT2D eigenvalue weighted by atomic mass is 19.2. The molecule has 0 fully saturated rings. The van der Waals surface area contributed by atoms with E-state index in [1.807, 2.05) is 30.3 Å². The first-order valence-corrected chi connectivity index (χ1v) is 5.92. The Bertz CT molecular complexity index is 517. The molecule has 0 unspecified atom stereocenters. The van der Waals surface area contributed by atoms with Crippen molar-refractivity contribution in [1.82, 2.24) is 0 Å². The quantitative estimate of drug-likeness (QED) is 0.589. The molecule has 0 aliphatic carbocycles. The number of hydrogen-bond donors (Lipinski definition) is 0. The van der Waals surface area contributed by atoms with Crippen molar-refractivity contribution in [2.45, 2.75) is 13.0 Å². The summed E-state index contributed by atoms with van der Waals surface area (Å²) in [5.41, 5.74) is 1.41. The summed E-state index contributed by atoms with van der Waals surface area (Å²) >= 11 is 0. The highest BCUT2D eigenvalue weighted by Gasteiger charge is 2.10. The lowest BCUT2D eigenvalue weighted by molar-refractivity contribution is 0.123. The first kappa shape index (κ1) is 13.6. The van der Waals surface area contributed by atoms with Crippen LogP contribution in [0.3, 0.4) is 0 Å². The van der Waals surface area contributed by atoms with Gasteiger partial charge in [0.25, 0.3) is 0 Å². The molecule has 0 saturated carbocycles. The Morgan fingerprint density at radius 1 is 0.842 bits per heavy atom. The van der Waals surface area contributed by atoms with Gasteiger partial charge in [-0.25, -0.2) is 13.2 Å². The minimum absolute atomic E-state index is 0.319. The summed E-state index contributed by atoms with van der Waals surface area (Å²) < 4.78 is 44.1. The third-order valence-electron chi connectivity index (χ3n) is 2.69. The summed E-state index contributed by atoms with van der Waals surface area (Å²) in [6.07, 6.45) is 0.334. The van der Waals surface area contributed by atoms with E-state index in [1.165, 1.54) is 0 Å². The van der Waals surface area contributed by atoms with Crippen molar-refractivity contribution in [2.75, 3.05) is 6.61 Å². The minimum atomic E-state index is -1.44. The van der Waals surface area contributed by atoms with Crippen LogP contribution in [0.2, 0.25) is 0 Å². The van der Waals surface area contributed by atoms with Crippen LogP contribution < -0.4 is 0 Å². The van der Waals surface area contributed by atoms with Gasteiger partial charge in [0.2, 0.25) is 0 Å². The molecule has 1 nitrogen and oxygen atoms in total. The van der Waals surface area contributed by atoms with Crippen molar-refractivity contribution in [3.63, 3.8) is 0 Å². The largest absolute Gasteiger partial charge is 0.376 e. The summed E-state index contributed by atoms with van der Waals surface area (Å²) in [4.78, 5) is 0. The van der Waals surface area contributed by atoms with E-state index in [0.29, 0.717) is 25.2 Å². The van der Waals surface area contributed by atoms with E-state index in [0.717, 1.165) is 17.7 Å². The summed E-state index contributed by atoms with van der Waals surface area (Å²) in [5, 5.41) is 0. The van der Waals surface area contributed by atoms with E-state index < -0.39 is 17.5 Å². The zero-order valence-electron chi connectivity index (χ0n) is 10.2. The molecular weight excluding hydrogens is 253 g/mol. The van der Waals surface area contributed by atoms with E-state index in [2.05, 4.69) is 0 Å². The maximum absolute atomic E-state index is 13.0. The molecule has 0 radical (unpaired) electrons. The fourth-order valence-electron chi connectivity index (χ4n) is 1.71. The first-order valence-electron chi connectivity index (χ1n) is 5.92. The monoisotopic (exact) mass is 266 g/mol. The number of ether oxygens (including phenoxy) is 1. The van der Waals surface area contributed by atoms with Crippen molar-refractivity contribution in [1.29, 1.82) is 0 Å². The van der Waals surface area contributed by atoms with Crippen LogP contribution >= 0.6 is 0 Å². The second-order valence-corrected chi connectivity index (χ2v) is 4.16. The SMILES string of the molecule is Fc1cc(CCOCc2ccccc2)cc(F)c1F. The van der Waals surface area contributed by atoms with Crippen molar-refractivity contribution < 1.29 is 17.9 Å². The summed E-state index contributed by atoms with van der Waals surface area (Å²) in [6.45, 7) is 0.756. The molecule has 0 N–H and O–H groups in total. The maximum atomic E-state index is 13.0. The highest BCUT2D eigenvalue weighted by molar-refractivity contribution is 5.19. The lowest BCUT2D eigenvalue weighted by atomic mass is 10.1. The van der Waals surface area contributed by atoms with Crippen molar-refractivity contribution >= 4 is 0 Å². The fraction of sp³-hybridized carbons (Fsp3) is 0.200. The smallest absolute Gasteiger partial charge is 0.194 e. The van der Waals surface area contributed by atoms with Crippen LogP contribution in [0.25, 0.3) is 0 Å². The molecule has 2 aromatic rings. The van der Waals surface area contributed by atoms with E-state index in [-0.39, 0.29) is 0 Å². The Kier molecular flexibility index (Phi) is 4.58. The minimum Gasteiger partial charge on any atom is -0.376 e. The molecule has 0 spiro atoms. The van der Waals surface area contributed by atoms with Crippen LogP contribution in [-0.2, 0) is 17.8 Å². The molecule has 100 valence electrons. The standard InChI is InChI=1S/C15H13F3O/c16-13-8-12(9-14(17)15(13)18)6-7-19-10-11-4-2-1-3-5-11/h1-5,8-9H,6-7,10H2. The van der Waals surface area contributed by atoms with Crippen LogP contribution in [0.4, 0.5) is 13.2 Å². The van der Waals surface area contributed by atoms with E-state index in [1.54, 1.807) is 0 Å². The zero-order valence-corrected chi connectivity index (χ0v) is 10.2. The Balaban J connectivity index is 1.83. The maximum Gasteiger partial charge on any atom is 0.194 e. The predicted octanol–water partition coefficient (Wildman–Crippen LogP) is 3.86. The molecule has 0 heterocycles. The second-order valence-electron chi connectivity index (χ2n) is 4.16. The van der Waals surface area contributed by atoms with E-state index in [9.17, 15) is 13.2 Å². The number of benzene rings is 2. The average Bonchev–Trinajstić information content (AvgIpc) is 2.42. The molecule has 0 bridgehead atoms. The Labute approximate surface area is 109 Å². The number of rotatable bonds is 5. The van der Waals surface area contributed by atoms with Crippen LogP contribution in [0, 0.1) is 17.5 Å². The van der Waals surface area contributed by atoms with E-state index in [4.69, 9.17) is 4.74 Å². The van der Waals surface area contributed by atoms with E-state index >= 15 is 0 Å². The molecule has 0 saturated heterocycles. The fourth-order valence-corrected chi connectivity index (χ4v) is 1.71. The van der Waals surface area contributed by atoms with Gasteiger partial charge in [0.15, 0.2) is 17.5 Å². The third-order valence-corrected chi connectivity index (χ3v) is 2.69. The molecule has 19 heavy (non-hydrogen) atoms. The van der Waals surface area contributed by atoms with Crippen LogP contribution in [0.1, 0.15) is 11.1 Å². The summed E-state index contributed by atoms with van der Waals surface area (Å²) in [7, 11) is 0. The van der Waals surface area contributed by atoms with Gasteiger partial charge < -0.3 is 4.74 Å². The predicted molar refractivity (Wildman–Crippen MR) is 66.1 cm³/mol. The van der Waals surface area contributed by atoms with Gasteiger partial charge in [-0.3, -0.25) is 0 Å². The van der Waals surface area contributed by atoms with Crippen molar-refractivity contribution in [2.24, 2.45) is 0 Å². The third kappa shape index (κ3) is 3.83. The van der Waals surface area contributed by atoms with Gasteiger partial charge in [-0.15, -0.1) is 0 Å². The molecule has 0 aromatic heterocycles. The molecular formula is C15H13F3O. The zero-order chi connectivity index (χ0) is 13.7. The van der Waals surface area contributed by atoms with Gasteiger partial charge >= 0.3 is 0 Å². The van der Waals surface area contributed by atoms with Gasteiger partial charge in [-0.2, -0.15) is 0 Å².